The molecule has 1 saturated carbocycles. The predicted molar refractivity (Wildman–Crippen MR) is 202 cm³/mol. The monoisotopic (exact) mass is 741 g/mol. The Morgan fingerprint density at radius 3 is 2.24 bits per heavy atom. The molecule has 54 heavy (non-hydrogen) atoms. The van der Waals surface area contributed by atoms with Gasteiger partial charge < -0.3 is 40.7 Å². The van der Waals surface area contributed by atoms with Gasteiger partial charge in [-0.2, -0.15) is 0 Å². The van der Waals surface area contributed by atoms with Crippen LogP contribution < -0.4 is 30.7 Å². The largest absolute Gasteiger partial charge is 0.508 e. The molecule has 1 fully saturated rings. The summed E-state index contributed by atoms with van der Waals surface area (Å²) in [5, 5.41) is 21.2. The molecule has 0 spiro atoms. The Hall–Kier alpha value is -5.59. The number of phenols is 1. The number of carbonyl (C=O) groups excluding carboxylic acids is 5. The number of phenolic OH excluding ortho intramolecular Hbond substituents is 1. The van der Waals surface area contributed by atoms with E-state index in [-0.39, 0.29) is 61.1 Å². The fraction of sp³-hybridized carbons (Fsp3) is 0.439. The van der Waals surface area contributed by atoms with Gasteiger partial charge >= 0.3 is 0 Å². The van der Waals surface area contributed by atoms with Gasteiger partial charge in [0.2, 0.25) is 23.6 Å². The number of ether oxygens (including phenoxy) is 2. The Balaban J connectivity index is 1.47. The molecule has 3 aromatic rings. The summed E-state index contributed by atoms with van der Waals surface area (Å²) in [5.41, 5.74) is 1.66. The first-order chi connectivity index (χ1) is 25.9. The van der Waals surface area contributed by atoms with Crippen LogP contribution in [-0.2, 0) is 32.0 Å². The second-order valence-corrected chi connectivity index (χ2v) is 14.6. The fourth-order valence-corrected chi connectivity index (χ4v) is 6.38. The lowest BCUT2D eigenvalue weighted by Gasteiger charge is -2.29. The van der Waals surface area contributed by atoms with E-state index in [2.05, 4.69) is 35.1 Å². The van der Waals surface area contributed by atoms with E-state index >= 15 is 0 Å². The van der Waals surface area contributed by atoms with Gasteiger partial charge in [0.1, 0.15) is 42.0 Å². The van der Waals surface area contributed by atoms with Crippen molar-refractivity contribution in [1.82, 2.24) is 26.2 Å². The van der Waals surface area contributed by atoms with E-state index < -0.39 is 41.8 Å². The lowest BCUT2D eigenvalue weighted by Crippen LogP contribution is -2.58. The van der Waals surface area contributed by atoms with Gasteiger partial charge in [0.05, 0.1) is 19.7 Å². The molecule has 6 rings (SSSR count). The fourth-order valence-electron chi connectivity index (χ4n) is 6.38. The Kier molecular flexibility index (Phi) is 13.5. The molecule has 5 N–H and O–H groups in total. The third-order valence-electron chi connectivity index (χ3n) is 9.47. The van der Waals surface area contributed by atoms with Crippen LogP contribution in [0.1, 0.15) is 61.5 Å². The van der Waals surface area contributed by atoms with Gasteiger partial charge in [-0.15, -0.1) is 0 Å². The number of nitrogens with zero attached hydrogens (tertiary/aromatic N) is 1. The van der Waals surface area contributed by atoms with Gasteiger partial charge in [0.15, 0.2) is 0 Å². The van der Waals surface area contributed by atoms with Crippen molar-refractivity contribution >= 4 is 29.5 Å². The van der Waals surface area contributed by atoms with Crippen molar-refractivity contribution in [3.63, 3.8) is 0 Å². The molecule has 2 aliphatic heterocycles. The molecule has 13 nitrogen and oxygen atoms in total. The second kappa shape index (κ2) is 18.4. The number of hydrogen-bond donors (Lipinski definition) is 5. The zero-order valence-corrected chi connectivity index (χ0v) is 31.3. The van der Waals surface area contributed by atoms with Crippen LogP contribution in [0, 0.1) is 11.8 Å². The number of methoxy groups -OCH3 is 1. The number of benzene rings is 3. The molecule has 288 valence electrons. The maximum atomic E-state index is 14.1. The molecular formula is C41H51N5O8. The first-order valence-corrected chi connectivity index (χ1v) is 18.5. The quantitative estimate of drug-likeness (QED) is 0.208. The molecule has 4 atom stereocenters. The van der Waals surface area contributed by atoms with Crippen molar-refractivity contribution in [1.29, 1.82) is 0 Å². The topological polar surface area (TPSA) is 175 Å². The number of fused-ring (bicyclic) bond motifs is 17. The van der Waals surface area contributed by atoms with Crippen LogP contribution in [0.5, 0.6) is 17.2 Å². The number of carbonyl (C=O) groups is 5. The van der Waals surface area contributed by atoms with Gasteiger partial charge in [-0.3, -0.25) is 24.0 Å². The van der Waals surface area contributed by atoms with Crippen LogP contribution in [0.25, 0.3) is 0 Å². The highest BCUT2D eigenvalue weighted by atomic mass is 16.5. The van der Waals surface area contributed by atoms with Crippen LogP contribution in [-0.4, -0.2) is 90.5 Å². The maximum Gasteiger partial charge on any atom is 0.251 e. The first kappa shape index (κ1) is 39.6. The number of amides is 5. The molecule has 0 unspecified atom stereocenters. The number of hydrogen-bond acceptors (Lipinski definition) is 8. The highest BCUT2D eigenvalue weighted by Gasteiger charge is 2.33. The maximum absolute atomic E-state index is 14.1. The SMILES string of the molecule is COc1ccc(C[C@@H]2NC(=O)[C@@H](NC(=O)c3ccc(O)cc3)Cc3ccc(cc3)OC[C@H](CC(C)C)NC(=O)CN(CC3CC3)C(=O)[C@@H](C)NC2=O)cc1. The molecular weight excluding hydrogens is 690 g/mol. The van der Waals surface area contributed by atoms with Crippen molar-refractivity contribution in [2.24, 2.45) is 11.8 Å². The molecule has 3 aromatic carbocycles. The number of aromatic hydroxyl groups is 1. The van der Waals surface area contributed by atoms with E-state index in [9.17, 15) is 29.1 Å². The molecule has 0 aromatic heterocycles. The standard InChI is InChI=1S/C41H51N5O8/c1-25(2)19-31-24-54-34-17-9-28(10-18-34)21-36(44-38(49)30-11-13-32(47)14-12-30)40(51)45-35(20-27-7-15-33(53-4)16-8-27)39(50)42-26(3)41(52)46(22-29-5-6-29)23-37(48)43-31/h7-18,25-26,29,31,35-36,47H,5-6,19-24H2,1-4H3,(H,42,50)(H,43,48)(H,44,49)(H,45,51)/t26-,31+,35+,36+/m1/s1. The van der Waals surface area contributed by atoms with Crippen LogP contribution in [0.3, 0.4) is 0 Å². The van der Waals surface area contributed by atoms with Gasteiger partial charge in [-0.25, -0.2) is 0 Å². The summed E-state index contributed by atoms with van der Waals surface area (Å²) >= 11 is 0. The average molecular weight is 742 g/mol. The zero-order chi connectivity index (χ0) is 38.8. The molecule has 3 aliphatic rings. The van der Waals surface area contributed by atoms with Crippen molar-refractivity contribution in [3.05, 3.63) is 89.5 Å². The highest BCUT2D eigenvalue weighted by molar-refractivity contribution is 5.99. The van der Waals surface area contributed by atoms with Crippen LogP contribution in [0.2, 0.25) is 0 Å². The molecule has 5 amide bonds. The average Bonchev–Trinajstić information content (AvgIpc) is 3.97. The van der Waals surface area contributed by atoms with Crippen molar-refractivity contribution in [2.45, 2.75) is 77.0 Å². The van der Waals surface area contributed by atoms with E-state index in [0.717, 1.165) is 12.8 Å². The summed E-state index contributed by atoms with van der Waals surface area (Å²) in [4.78, 5) is 70.3. The third kappa shape index (κ3) is 11.7. The Morgan fingerprint density at radius 2 is 1.61 bits per heavy atom. The molecule has 2 bridgehead atoms. The minimum absolute atomic E-state index is 0.0113. The molecule has 13 heteroatoms. The van der Waals surface area contributed by atoms with Crippen molar-refractivity contribution in [2.75, 3.05) is 26.8 Å². The summed E-state index contributed by atoms with van der Waals surface area (Å²) in [5.74, 6) is -0.790. The van der Waals surface area contributed by atoms with E-state index in [1.807, 2.05) is 0 Å². The summed E-state index contributed by atoms with van der Waals surface area (Å²) in [7, 11) is 1.54. The van der Waals surface area contributed by atoms with Crippen molar-refractivity contribution < 1.29 is 38.6 Å². The van der Waals surface area contributed by atoms with Crippen LogP contribution in [0.4, 0.5) is 0 Å². The highest BCUT2D eigenvalue weighted by Crippen LogP contribution is 2.30. The summed E-state index contributed by atoms with van der Waals surface area (Å²) in [6, 6.07) is 16.2. The third-order valence-corrected chi connectivity index (χ3v) is 9.47. The second-order valence-electron chi connectivity index (χ2n) is 14.6. The lowest BCUT2D eigenvalue weighted by molar-refractivity contribution is -0.140. The van der Waals surface area contributed by atoms with E-state index in [1.54, 1.807) is 62.6 Å². The minimum atomic E-state index is -1.15. The zero-order valence-electron chi connectivity index (χ0n) is 31.3. The molecule has 0 radical (unpaired) electrons. The van der Waals surface area contributed by atoms with Crippen LogP contribution in [0.15, 0.2) is 72.8 Å². The molecule has 1 aliphatic carbocycles. The molecule has 0 saturated heterocycles. The van der Waals surface area contributed by atoms with Gasteiger partial charge in [0, 0.05) is 24.9 Å². The summed E-state index contributed by atoms with van der Waals surface area (Å²) in [6.07, 6.45) is 2.70. The minimum Gasteiger partial charge on any atom is -0.508 e. The predicted octanol–water partition coefficient (Wildman–Crippen LogP) is 3.14. The van der Waals surface area contributed by atoms with E-state index in [1.165, 1.54) is 29.2 Å². The summed E-state index contributed by atoms with van der Waals surface area (Å²) in [6.45, 7) is 6.09. The van der Waals surface area contributed by atoms with E-state index in [0.29, 0.717) is 35.6 Å². The smallest absolute Gasteiger partial charge is 0.251 e. The Morgan fingerprint density at radius 1 is 0.926 bits per heavy atom. The molecule has 2 heterocycles. The Labute approximate surface area is 316 Å². The van der Waals surface area contributed by atoms with Gasteiger partial charge in [-0.05, 0) is 97.7 Å². The van der Waals surface area contributed by atoms with Gasteiger partial charge in [-0.1, -0.05) is 38.1 Å². The van der Waals surface area contributed by atoms with E-state index in [4.69, 9.17) is 9.47 Å². The van der Waals surface area contributed by atoms with Gasteiger partial charge in [0.25, 0.3) is 5.91 Å². The lowest BCUT2D eigenvalue weighted by atomic mass is 10.0. The number of rotatable bonds is 9. The first-order valence-electron chi connectivity index (χ1n) is 18.5. The van der Waals surface area contributed by atoms with Crippen LogP contribution >= 0.6 is 0 Å². The number of nitrogens with one attached hydrogen (secondary N) is 4. The summed E-state index contributed by atoms with van der Waals surface area (Å²) < 4.78 is 11.4. The van der Waals surface area contributed by atoms with Crippen molar-refractivity contribution in [3.8, 4) is 17.2 Å². The Bertz CT molecular complexity index is 1760. The normalized spacial score (nSPS) is 21.8.